The van der Waals surface area contributed by atoms with Crippen LogP contribution < -0.4 is 5.32 Å². The molecule has 3 heterocycles. The molecule has 0 bridgehead atoms. The molecule has 2 amide bonds. The van der Waals surface area contributed by atoms with E-state index in [1.807, 2.05) is 29.6 Å². The smallest absolute Gasteiger partial charge is 0.275 e. The van der Waals surface area contributed by atoms with E-state index in [1.54, 1.807) is 10.3 Å². The molecule has 35 heavy (non-hydrogen) atoms. The molecule has 5 rings (SSSR count). The van der Waals surface area contributed by atoms with Crippen molar-refractivity contribution in [2.24, 2.45) is 0 Å². The van der Waals surface area contributed by atoms with Gasteiger partial charge in [-0.15, -0.1) is 16.4 Å². The minimum Gasteiger partial charge on any atom is -0.338 e. The molecule has 7 nitrogen and oxygen atoms in total. The summed E-state index contributed by atoms with van der Waals surface area (Å²) >= 11 is 8.77. The zero-order valence-corrected chi connectivity index (χ0v) is 20.7. The number of amides is 2. The Kier molecular flexibility index (Phi) is 6.85. The van der Waals surface area contributed by atoms with Crippen molar-refractivity contribution >= 4 is 52.0 Å². The molecule has 1 N–H and O–H groups in total. The second kappa shape index (κ2) is 10.2. The number of carbonyl (C=O) groups is 2. The summed E-state index contributed by atoms with van der Waals surface area (Å²) in [6, 6.07) is 11.6. The molecule has 2 aromatic heterocycles. The number of likely N-dealkylation sites (tertiary alicyclic amines) is 1. The predicted octanol–water partition coefficient (Wildman–Crippen LogP) is 5.73. The summed E-state index contributed by atoms with van der Waals surface area (Å²) in [5.41, 5.74) is 2.65. The predicted molar refractivity (Wildman–Crippen MR) is 135 cm³/mol. The Morgan fingerprint density at radius 2 is 1.86 bits per heavy atom. The molecule has 4 aromatic rings. The number of carbonyl (C=O) groups excluding carboxylic acids is 2. The first-order chi connectivity index (χ1) is 17.0. The summed E-state index contributed by atoms with van der Waals surface area (Å²) in [5, 5.41) is 11.5. The number of hydrogen-bond donors (Lipinski definition) is 1. The van der Waals surface area contributed by atoms with Gasteiger partial charge in [0.15, 0.2) is 0 Å². The van der Waals surface area contributed by atoms with Crippen molar-refractivity contribution in [2.75, 3.05) is 18.4 Å². The molecule has 1 aliphatic rings. The Balaban J connectivity index is 1.18. The number of rotatable bonds is 5. The van der Waals surface area contributed by atoms with E-state index in [9.17, 15) is 14.0 Å². The number of benzene rings is 2. The van der Waals surface area contributed by atoms with Crippen LogP contribution in [0.15, 0.2) is 53.2 Å². The Labute approximate surface area is 213 Å². The van der Waals surface area contributed by atoms with Gasteiger partial charge in [0.2, 0.25) is 0 Å². The second-order valence-corrected chi connectivity index (χ2v) is 9.96. The molecule has 0 radical (unpaired) electrons. The van der Waals surface area contributed by atoms with E-state index in [1.165, 1.54) is 41.1 Å². The lowest BCUT2D eigenvalue weighted by Crippen LogP contribution is -2.38. The molecule has 0 saturated carbocycles. The lowest BCUT2D eigenvalue weighted by Gasteiger charge is -2.31. The monoisotopic (exact) mass is 527 g/mol. The molecule has 1 saturated heterocycles. The summed E-state index contributed by atoms with van der Waals surface area (Å²) in [4.78, 5) is 31.6. The molecule has 0 aliphatic carbocycles. The van der Waals surface area contributed by atoms with Crippen molar-refractivity contribution in [3.05, 3.63) is 80.3 Å². The number of nitrogens with one attached hydrogen (secondary N) is 1. The zero-order chi connectivity index (χ0) is 24.4. The topological polar surface area (TPSA) is 88.1 Å². The maximum Gasteiger partial charge on any atom is 0.275 e. The lowest BCUT2D eigenvalue weighted by molar-refractivity contribution is 0.0708. The molecule has 0 unspecified atom stereocenters. The van der Waals surface area contributed by atoms with E-state index in [4.69, 9.17) is 11.6 Å². The standard InChI is InChI=1S/C24H19ClFN5O2S2/c25-17-2-1-3-18(26)21(17)24(33)31-10-8-15(9-11-31)23-28-20(12-34-23)22(32)27-16-6-4-14(5-7-16)19-13-35-30-29-19/h1-7,12-13,15H,8-11H2,(H,27,32). The molecular formula is C24H19ClFN5O2S2. The summed E-state index contributed by atoms with van der Waals surface area (Å²) < 4.78 is 18.0. The highest BCUT2D eigenvalue weighted by Gasteiger charge is 2.29. The Morgan fingerprint density at radius 1 is 1.09 bits per heavy atom. The molecule has 1 aliphatic heterocycles. The second-order valence-electron chi connectivity index (χ2n) is 8.06. The van der Waals surface area contributed by atoms with Crippen LogP contribution in [0.25, 0.3) is 11.3 Å². The summed E-state index contributed by atoms with van der Waals surface area (Å²) in [6.07, 6.45) is 1.36. The van der Waals surface area contributed by atoms with Gasteiger partial charge in [0.1, 0.15) is 17.2 Å². The third kappa shape index (κ3) is 5.09. The third-order valence-electron chi connectivity index (χ3n) is 5.86. The first-order valence-corrected chi connectivity index (χ1v) is 13.0. The van der Waals surface area contributed by atoms with Crippen LogP contribution in [0, 0.1) is 5.82 Å². The number of anilines is 1. The molecule has 178 valence electrons. The van der Waals surface area contributed by atoms with Gasteiger partial charge in [-0.2, -0.15) is 0 Å². The van der Waals surface area contributed by atoms with Crippen molar-refractivity contribution in [1.82, 2.24) is 19.5 Å². The number of aromatic nitrogens is 3. The van der Waals surface area contributed by atoms with Crippen LogP contribution in [-0.4, -0.2) is 44.4 Å². The summed E-state index contributed by atoms with van der Waals surface area (Å²) in [5.74, 6) is -1.16. The molecule has 0 atom stereocenters. The lowest BCUT2D eigenvalue weighted by atomic mass is 9.97. The summed E-state index contributed by atoms with van der Waals surface area (Å²) in [7, 11) is 0. The number of piperidine rings is 1. The maximum absolute atomic E-state index is 14.1. The Bertz CT molecular complexity index is 1330. The molecule has 0 spiro atoms. The minimum absolute atomic E-state index is 0.0860. The number of hydrogen-bond acceptors (Lipinski definition) is 7. The van der Waals surface area contributed by atoms with Crippen LogP contribution in [0.2, 0.25) is 5.02 Å². The SMILES string of the molecule is O=C(Nc1ccc(-c2csnn2)cc1)c1csc(C2CCN(C(=O)c3c(F)cccc3Cl)CC2)n1. The van der Waals surface area contributed by atoms with E-state index in [0.717, 1.165) is 16.3 Å². The van der Waals surface area contributed by atoms with Gasteiger partial charge in [-0.1, -0.05) is 34.3 Å². The van der Waals surface area contributed by atoms with E-state index in [0.29, 0.717) is 37.3 Å². The molecular weight excluding hydrogens is 509 g/mol. The third-order valence-corrected chi connectivity index (χ3v) is 7.69. The number of nitrogens with zero attached hydrogens (tertiary/aromatic N) is 4. The molecule has 11 heteroatoms. The fraction of sp³-hybridized carbons (Fsp3) is 0.208. The quantitative estimate of drug-likeness (QED) is 0.358. The largest absolute Gasteiger partial charge is 0.338 e. The first-order valence-electron chi connectivity index (χ1n) is 10.9. The maximum atomic E-state index is 14.1. The minimum atomic E-state index is -0.616. The van der Waals surface area contributed by atoms with Gasteiger partial charge in [0.25, 0.3) is 11.8 Å². The van der Waals surface area contributed by atoms with Gasteiger partial charge in [-0.3, -0.25) is 9.59 Å². The van der Waals surface area contributed by atoms with Crippen molar-refractivity contribution in [2.45, 2.75) is 18.8 Å². The van der Waals surface area contributed by atoms with E-state index in [-0.39, 0.29) is 22.4 Å². The fourth-order valence-electron chi connectivity index (χ4n) is 3.98. The molecule has 1 fully saturated rings. The average Bonchev–Trinajstić information content (AvgIpc) is 3.57. The van der Waals surface area contributed by atoms with E-state index < -0.39 is 11.7 Å². The average molecular weight is 528 g/mol. The van der Waals surface area contributed by atoms with E-state index >= 15 is 0 Å². The van der Waals surface area contributed by atoms with Gasteiger partial charge in [-0.05, 0) is 48.6 Å². The van der Waals surface area contributed by atoms with Crippen LogP contribution in [0.4, 0.5) is 10.1 Å². The van der Waals surface area contributed by atoms with Crippen molar-refractivity contribution in [3.8, 4) is 11.3 Å². The highest BCUT2D eigenvalue weighted by atomic mass is 35.5. The van der Waals surface area contributed by atoms with Gasteiger partial charge < -0.3 is 10.2 Å². The van der Waals surface area contributed by atoms with Crippen LogP contribution in [0.5, 0.6) is 0 Å². The zero-order valence-electron chi connectivity index (χ0n) is 18.3. The number of thiazole rings is 1. The van der Waals surface area contributed by atoms with Gasteiger partial charge in [0, 0.05) is 41.0 Å². The molecule has 2 aromatic carbocycles. The summed E-state index contributed by atoms with van der Waals surface area (Å²) in [6.45, 7) is 0.937. The Hall–Kier alpha value is -3.21. The van der Waals surface area contributed by atoms with Gasteiger partial charge in [0.05, 0.1) is 15.6 Å². The van der Waals surface area contributed by atoms with Crippen LogP contribution in [0.1, 0.15) is 44.6 Å². The van der Waals surface area contributed by atoms with Crippen LogP contribution in [0.3, 0.4) is 0 Å². The highest BCUT2D eigenvalue weighted by molar-refractivity contribution is 7.10. The van der Waals surface area contributed by atoms with Crippen LogP contribution in [-0.2, 0) is 0 Å². The van der Waals surface area contributed by atoms with Crippen molar-refractivity contribution in [3.63, 3.8) is 0 Å². The van der Waals surface area contributed by atoms with E-state index in [2.05, 4.69) is 19.9 Å². The fourth-order valence-corrected chi connectivity index (χ4v) is 5.66. The Morgan fingerprint density at radius 3 is 2.54 bits per heavy atom. The normalized spacial score (nSPS) is 14.2. The van der Waals surface area contributed by atoms with Gasteiger partial charge >= 0.3 is 0 Å². The highest BCUT2D eigenvalue weighted by Crippen LogP contribution is 2.32. The van der Waals surface area contributed by atoms with Gasteiger partial charge in [-0.25, -0.2) is 9.37 Å². The first kappa shape index (κ1) is 23.5. The van der Waals surface area contributed by atoms with Crippen molar-refractivity contribution in [1.29, 1.82) is 0 Å². The van der Waals surface area contributed by atoms with Crippen LogP contribution >= 0.6 is 34.5 Å². The number of halogens is 2. The van der Waals surface area contributed by atoms with Crippen molar-refractivity contribution < 1.29 is 14.0 Å².